The molecule has 0 aromatic heterocycles. The zero-order chi connectivity index (χ0) is 15.0. The highest BCUT2D eigenvalue weighted by Crippen LogP contribution is 2.41. The maximum atomic E-state index is 11.5. The number of hydrogen-bond donors (Lipinski definition) is 1. The summed E-state index contributed by atoms with van der Waals surface area (Å²) in [5.41, 5.74) is 2.10. The van der Waals surface area contributed by atoms with Crippen LogP contribution in [-0.4, -0.2) is 43.2 Å². The van der Waals surface area contributed by atoms with Crippen LogP contribution in [0.4, 0.5) is 0 Å². The molecule has 2 atom stereocenters. The fourth-order valence-electron chi connectivity index (χ4n) is 3.86. The normalized spacial score (nSPS) is 27.6. The second-order valence-electron chi connectivity index (χ2n) is 6.75. The van der Waals surface area contributed by atoms with Crippen molar-refractivity contribution in [2.75, 3.05) is 26.7 Å². The molecule has 0 radical (unpaired) electrons. The Labute approximate surface area is 126 Å². The standard InChI is InChI=1S/C17H24N2O2/c1-17(2)15-9-18-8-14(15)11-19(17)10-12-4-6-13(7-5-12)16(20)21-3/h4-7,14-15,18H,8-11H2,1-3H3. The predicted octanol–water partition coefficient (Wildman–Crippen LogP) is 1.90. The van der Waals surface area contributed by atoms with Crippen LogP contribution >= 0.6 is 0 Å². The zero-order valence-electron chi connectivity index (χ0n) is 13.1. The van der Waals surface area contributed by atoms with Crippen molar-refractivity contribution in [2.45, 2.75) is 25.9 Å². The SMILES string of the molecule is COC(=O)c1ccc(CN2CC3CNCC3C2(C)C)cc1. The molecule has 2 aliphatic heterocycles. The van der Waals surface area contributed by atoms with Crippen LogP contribution in [0.5, 0.6) is 0 Å². The molecule has 0 amide bonds. The van der Waals surface area contributed by atoms with E-state index in [4.69, 9.17) is 4.74 Å². The van der Waals surface area contributed by atoms with E-state index in [0.717, 1.165) is 38.0 Å². The number of likely N-dealkylation sites (tertiary alicyclic amines) is 1. The van der Waals surface area contributed by atoms with Crippen molar-refractivity contribution in [1.29, 1.82) is 0 Å². The molecule has 2 fully saturated rings. The van der Waals surface area contributed by atoms with Gasteiger partial charge in [0, 0.05) is 25.2 Å². The Morgan fingerprint density at radius 2 is 2.05 bits per heavy atom. The van der Waals surface area contributed by atoms with Gasteiger partial charge >= 0.3 is 5.97 Å². The molecule has 114 valence electrons. The fourth-order valence-corrected chi connectivity index (χ4v) is 3.86. The molecule has 2 saturated heterocycles. The second-order valence-corrected chi connectivity index (χ2v) is 6.75. The molecule has 1 aromatic carbocycles. The van der Waals surface area contributed by atoms with E-state index in [1.54, 1.807) is 0 Å². The number of benzene rings is 1. The average molecular weight is 288 g/mol. The zero-order valence-corrected chi connectivity index (χ0v) is 13.1. The second kappa shape index (κ2) is 5.43. The summed E-state index contributed by atoms with van der Waals surface area (Å²) in [7, 11) is 1.41. The van der Waals surface area contributed by atoms with E-state index in [-0.39, 0.29) is 11.5 Å². The summed E-state index contributed by atoms with van der Waals surface area (Å²) in [6.45, 7) is 9.09. The topological polar surface area (TPSA) is 41.6 Å². The number of methoxy groups -OCH3 is 1. The summed E-state index contributed by atoms with van der Waals surface area (Å²) in [4.78, 5) is 14.0. The molecule has 4 nitrogen and oxygen atoms in total. The Balaban J connectivity index is 1.71. The molecule has 0 saturated carbocycles. The van der Waals surface area contributed by atoms with Crippen LogP contribution < -0.4 is 5.32 Å². The first-order valence-corrected chi connectivity index (χ1v) is 7.65. The minimum atomic E-state index is -0.274. The molecule has 2 heterocycles. The molecule has 0 bridgehead atoms. The van der Waals surface area contributed by atoms with Crippen molar-refractivity contribution in [3.63, 3.8) is 0 Å². The van der Waals surface area contributed by atoms with Crippen LogP contribution in [0, 0.1) is 11.8 Å². The smallest absolute Gasteiger partial charge is 0.337 e. The van der Waals surface area contributed by atoms with Crippen LogP contribution in [0.2, 0.25) is 0 Å². The minimum Gasteiger partial charge on any atom is -0.465 e. The van der Waals surface area contributed by atoms with Gasteiger partial charge in [0.15, 0.2) is 0 Å². The van der Waals surface area contributed by atoms with Crippen molar-refractivity contribution in [3.05, 3.63) is 35.4 Å². The van der Waals surface area contributed by atoms with Crippen LogP contribution in [0.25, 0.3) is 0 Å². The van der Waals surface area contributed by atoms with Crippen molar-refractivity contribution < 1.29 is 9.53 Å². The minimum absolute atomic E-state index is 0.231. The summed E-state index contributed by atoms with van der Waals surface area (Å²) in [5, 5.41) is 3.51. The maximum absolute atomic E-state index is 11.5. The molecule has 4 heteroatoms. The van der Waals surface area contributed by atoms with Gasteiger partial charge in [-0.1, -0.05) is 12.1 Å². The lowest BCUT2D eigenvalue weighted by atomic mass is 9.85. The summed E-state index contributed by atoms with van der Waals surface area (Å²) >= 11 is 0. The number of rotatable bonds is 3. The summed E-state index contributed by atoms with van der Waals surface area (Å²) < 4.78 is 4.74. The average Bonchev–Trinajstić information content (AvgIpc) is 3.03. The third kappa shape index (κ3) is 2.58. The lowest BCUT2D eigenvalue weighted by molar-refractivity contribution is 0.0600. The first kappa shape index (κ1) is 14.5. The van der Waals surface area contributed by atoms with E-state index in [1.165, 1.54) is 12.7 Å². The Morgan fingerprint density at radius 3 is 2.67 bits per heavy atom. The van der Waals surface area contributed by atoms with Gasteiger partial charge in [-0.3, -0.25) is 4.90 Å². The van der Waals surface area contributed by atoms with Gasteiger partial charge in [0.05, 0.1) is 12.7 Å². The molecule has 2 unspecified atom stereocenters. The fraction of sp³-hybridized carbons (Fsp3) is 0.588. The van der Waals surface area contributed by atoms with Crippen LogP contribution in [0.1, 0.15) is 29.8 Å². The van der Waals surface area contributed by atoms with E-state index in [2.05, 4.69) is 24.1 Å². The van der Waals surface area contributed by atoms with Gasteiger partial charge in [-0.05, 0) is 49.9 Å². The van der Waals surface area contributed by atoms with Crippen LogP contribution in [0.3, 0.4) is 0 Å². The van der Waals surface area contributed by atoms with Gasteiger partial charge in [-0.25, -0.2) is 4.79 Å². The van der Waals surface area contributed by atoms with Gasteiger partial charge < -0.3 is 10.1 Å². The summed E-state index contributed by atoms with van der Waals surface area (Å²) in [6.07, 6.45) is 0. The number of hydrogen-bond acceptors (Lipinski definition) is 4. The van der Waals surface area contributed by atoms with Crippen molar-refractivity contribution in [2.24, 2.45) is 11.8 Å². The highest BCUT2D eigenvalue weighted by atomic mass is 16.5. The molecule has 1 N–H and O–H groups in total. The molecule has 2 aliphatic rings. The Morgan fingerprint density at radius 1 is 1.33 bits per heavy atom. The van der Waals surface area contributed by atoms with E-state index < -0.39 is 0 Å². The Bertz CT molecular complexity index is 524. The first-order valence-electron chi connectivity index (χ1n) is 7.65. The molecular formula is C17H24N2O2. The number of carbonyl (C=O) groups excluding carboxylic acids is 1. The molecular weight excluding hydrogens is 264 g/mol. The van der Waals surface area contributed by atoms with E-state index in [1.807, 2.05) is 24.3 Å². The lowest BCUT2D eigenvalue weighted by Gasteiger charge is -2.35. The van der Waals surface area contributed by atoms with Gasteiger partial charge in [0.1, 0.15) is 0 Å². The molecule has 1 aromatic rings. The van der Waals surface area contributed by atoms with Gasteiger partial charge in [-0.15, -0.1) is 0 Å². The van der Waals surface area contributed by atoms with Gasteiger partial charge in [0.2, 0.25) is 0 Å². The number of nitrogens with one attached hydrogen (secondary N) is 1. The largest absolute Gasteiger partial charge is 0.465 e. The van der Waals surface area contributed by atoms with Crippen molar-refractivity contribution in [3.8, 4) is 0 Å². The summed E-state index contributed by atoms with van der Waals surface area (Å²) in [6, 6.07) is 7.78. The number of nitrogens with zero attached hydrogens (tertiary/aromatic N) is 1. The number of ether oxygens (including phenoxy) is 1. The Hall–Kier alpha value is -1.39. The lowest BCUT2D eigenvalue weighted by Crippen LogP contribution is -2.43. The van der Waals surface area contributed by atoms with Crippen molar-refractivity contribution >= 4 is 5.97 Å². The quantitative estimate of drug-likeness (QED) is 0.863. The molecule has 3 rings (SSSR count). The molecule has 0 spiro atoms. The molecule has 0 aliphatic carbocycles. The van der Waals surface area contributed by atoms with E-state index in [9.17, 15) is 4.79 Å². The monoisotopic (exact) mass is 288 g/mol. The first-order chi connectivity index (χ1) is 10.0. The third-order valence-electron chi connectivity index (χ3n) is 5.27. The number of esters is 1. The predicted molar refractivity (Wildman–Crippen MR) is 82.1 cm³/mol. The third-order valence-corrected chi connectivity index (χ3v) is 5.27. The highest BCUT2D eigenvalue weighted by Gasteiger charge is 2.49. The van der Waals surface area contributed by atoms with Crippen LogP contribution in [0.15, 0.2) is 24.3 Å². The number of fused-ring (bicyclic) bond motifs is 1. The van der Waals surface area contributed by atoms with Crippen molar-refractivity contribution in [1.82, 2.24) is 10.2 Å². The Kier molecular flexibility index (Phi) is 3.76. The highest BCUT2D eigenvalue weighted by molar-refractivity contribution is 5.89. The maximum Gasteiger partial charge on any atom is 0.337 e. The van der Waals surface area contributed by atoms with E-state index in [0.29, 0.717) is 5.56 Å². The molecule has 21 heavy (non-hydrogen) atoms. The van der Waals surface area contributed by atoms with Gasteiger partial charge in [0.25, 0.3) is 0 Å². The van der Waals surface area contributed by atoms with Gasteiger partial charge in [-0.2, -0.15) is 0 Å². The van der Waals surface area contributed by atoms with E-state index >= 15 is 0 Å². The number of carbonyl (C=O) groups is 1. The van der Waals surface area contributed by atoms with Crippen LogP contribution in [-0.2, 0) is 11.3 Å². The summed E-state index contributed by atoms with van der Waals surface area (Å²) in [5.74, 6) is 1.24.